The van der Waals surface area contributed by atoms with E-state index < -0.39 is 5.60 Å². The zero-order valence-corrected chi connectivity index (χ0v) is 10.6. The van der Waals surface area contributed by atoms with E-state index in [2.05, 4.69) is 27.7 Å². The minimum absolute atomic E-state index is 0.437. The molecule has 0 amide bonds. The standard InChI is InChI=1S/C13H28O/c1-6-12(4)8-10-13(5,14)9-7-11(2)3/h11-12,14H,6-10H2,1-5H3. The molecule has 0 heterocycles. The van der Waals surface area contributed by atoms with Gasteiger partial charge in [0.2, 0.25) is 0 Å². The minimum Gasteiger partial charge on any atom is -0.390 e. The Morgan fingerprint density at radius 2 is 1.57 bits per heavy atom. The Labute approximate surface area is 89.9 Å². The molecule has 0 aliphatic heterocycles. The number of rotatable bonds is 7. The van der Waals surface area contributed by atoms with Crippen LogP contribution >= 0.6 is 0 Å². The van der Waals surface area contributed by atoms with Gasteiger partial charge in [0, 0.05) is 0 Å². The third-order valence-corrected chi connectivity index (χ3v) is 3.13. The molecule has 0 rings (SSSR count). The highest BCUT2D eigenvalue weighted by molar-refractivity contribution is 4.74. The van der Waals surface area contributed by atoms with Gasteiger partial charge in [0.1, 0.15) is 0 Å². The van der Waals surface area contributed by atoms with E-state index in [4.69, 9.17) is 0 Å². The molecule has 0 aliphatic carbocycles. The summed E-state index contributed by atoms with van der Waals surface area (Å²) in [5.74, 6) is 1.45. The van der Waals surface area contributed by atoms with Crippen LogP contribution in [-0.2, 0) is 0 Å². The van der Waals surface area contributed by atoms with Crippen LogP contribution in [0.5, 0.6) is 0 Å². The van der Waals surface area contributed by atoms with Gasteiger partial charge in [0.25, 0.3) is 0 Å². The van der Waals surface area contributed by atoms with Crippen LogP contribution in [0.2, 0.25) is 0 Å². The fraction of sp³-hybridized carbons (Fsp3) is 1.00. The smallest absolute Gasteiger partial charge is 0.0620 e. The molecule has 0 radical (unpaired) electrons. The van der Waals surface area contributed by atoms with Crippen molar-refractivity contribution in [3.63, 3.8) is 0 Å². The number of aliphatic hydroxyl groups is 1. The highest BCUT2D eigenvalue weighted by Crippen LogP contribution is 2.24. The molecule has 86 valence electrons. The summed E-state index contributed by atoms with van der Waals surface area (Å²) in [5.41, 5.74) is -0.437. The van der Waals surface area contributed by atoms with Crippen molar-refractivity contribution in [1.82, 2.24) is 0 Å². The van der Waals surface area contributed by atoms with Crippen molar-refractivity contribution in [3.05, 3.63) is 0 Å². The molecule has 0 aromatic carbocycles. The lowest BCUT2D eigenvalue weighted by atomic mass is 9.88. The topological polar surface area (TPSA) is 20.2 Å². The Morgan fingerprint density at radius 1 is 1.07 bits per heavy atom. The predicted molar refractivity (Wildman–Crippen MR) is 63.4 cm³/mol. The highest BCUT2D eigenvalue weighted by atomic mass is 16.3. The van der Waals surface area contributed by atoms with Gasteiger partial charge in [-0.05, 0) is 44.4 Å². The van der Waals surface area contributed by atoms with Crippen LogP contribution in [0.3, 0.4) is 0 Å². The first-order chi connectivity index (χ1) is 6.37. The normalized spacial score (nSPS) is 18.2. The van der Waals surface area contributed by atoms with Gasteiger partial charge in [0.05, 0.1) is 5.60 Å². The van der Waals surface area contributed by atoms with Crippen molar-refractivity contribution in [2.75, 3.05) is 0 Å². The molecule has 0 aliphatic rings. The van der Waals surface area contributed by atoms with E-state index in [1.54, 1.807) is 0 Å². The summed E-state index contributed by atoms with van der Waals surface area (Å²) >= 11 is 0. The van der Waals surface area contributed by atoms with Crippen LogP contribution in [0.4, 0.5) is 0 Å². The Bertz CT molecular complexity index is 138. The lowest BCUT2D eigenvalue weighted by molar-refractivity contribution is 0.0308. The fourth-order valence-electron chi connectivity index (χ4n) is 1.49. The second-order valence-electron chi connectivity index (χ2n) is 5.48. The van der Waals surface area contributed by atoms with E-state index in [-0.39, 0.29) is 0 Å². The molecule has 0 saturated carbocycles. The summed E-state index contributed by atoms with van der Waals surface area (Å²) in [6.45, 7) is 10.9. The van der Waals surface area contributed by atoms with Gasteiger partial charge >= 0.3 is 0 Å². The van der Waals surface area contributed by atoms with E-state index in [1.165, 1.54) is 6.42 Å². The molecular weight excluding hydrogens is 172 g/mol. The summed E-state index contributed by atoms with van der Waals surface area (Å²) in [5, 5.41) is 10.1. The van der Waals surface area contributed by atoms with Crippen LogP contribution < -0.4 is 0 Å². The minimum atomic E-state index is -0.437. The summed E-state index contributed by atoms with van der Waals surface area (Å²) < 4.78 is 0. The zero-order chi connectivity index (χ0) is 11.2. The first-order valence-corrected chi connectivity index (χ1v) is 6.09. The number of hydrogen-bond donors (Lipinski definition) is 1. The highest BCUT2D eigenvalue weighted by Gasteiger charge is 2.20. The lowest BCUT2D eigenvalue weighted by Gasteiger charge is -2.25. The van der Waals surface area contributed by atoms with Gasteiger partial charge in [-0.2, -0.15) is 0 Å². The van der Waals surface area contributed by atoms with Crippen LogP contribution in [-0.4, -0.2) is 10.7 Å². The molecule has 0 fully saturated rings. The average molecular weight is 200 g/mol. The van der Waals surface area contributed by atoms with E-state index in [9.17, 15) is 5.11 Å². The third kappa shape index (κ3) is 7.37. The number of hydrogen-bond acceptors (Lipinski definition) is 1. The first-order valence-electron chi connectivity index (χ1n) is 6.09. The summed E-state index contributed by atoms with van der Waals surface area (Å²) in [4.78, 5) is 0. The van der Waals surface area contributed by atoms with Crippen LogP contribution in [0, 0.1) is 11.8 Å². The largest absolute Gasteiger partial charge is 0.390 e. The summed E-state index contributed by atoms with van der Waals surface area (Å²) in [7, 11) is 0. The molecule has 0 aromatic heterocycles. The van der Waals surface area contributed by atoms with Crippen LogP contribution in [0.25, 0.3) is 0 Å². The van der Waals surface area contributed by atoms with Crippen LogP contribution in [0.15, 0.2) is 0 Å². The molecule has 14 heavy (non-hydrogen) atoms. The van der Waals surface area contributed by atoms with Crippen molar-refractivity contribution < 1.29 is 5.11 Å². The Morgan fingerprint density at radius 3 is 2.00 bits per heavy atom. The molecule has 0 aromatic rings. The van der Waals surface area contributed by atoms with Crippen molar-refractivity contribution in [3.8, 4) is 0 Å². The SMILES string of the molecule is CCC(C)CCC(C)(O)CCC(C)C. The van der Waals surface area contributed by atoms with Gasteiger partial charge in [-0.15, -0.1) is 0 Å². The average Bonchev–Trinajstić information content (AvgIpc) is 2.11. The maximum Gasteiger partial charge on any atom is 0.0620 e. The Hall–Kier alpha value is -0.0400. The van der Waals surface area contributed by atoms with Crippen LogP contribution in [0.1, 0.15) is 66.7 Å². The first kappa shape index (κ1) is 14.0. The second-order valence-corrected chi connectivity index (χ2v) is 5.48. The molecular formula is C13H28O. The molecule has 0 bridgehead atoms. The molecule has 2 atom stereocenters. The van der Waals surface area contributed by atoms with Crippen molar-refractivity contribution in [2.24, 2.45) is 11.8 Å². The van der Waals surface area contributed by atoms with E-state index in [0.29, 0.717) is 5.92 Å². The van der Waals surface area contributed by atoms with Crippen molar-refractivity contribution in [2.45, 2.75) is 72.3 Å². The summed E-state index contributed by atoms with van der Waals surface area (Å²) in [6.07, 6.45) is 5.41. The third-order valence-electron chi connectivity index (χ3n) is 3.13. The molecule has 0 spiro atoms. The zero-order valence-electron chi connectivity index (χ0n) is 10.6. The second kappa shape index (κ2) is 6.44. The summed E-state index contributed by atoms with van der Waals surface area (Å²) in [6, 6.07) is 0. The molecule has 2 unspecified atom stereocenters. The Balaban J connectivity index is 3.71. The van der Waals surface area contributed by atoms with Crippen molar-refractivity contribution >= 4 is 0 Å². The maximum atomic E-state index is 10.1. The van der Waals surface area contributed by atoms with Gasteiger partial charge in [-0.3, -0.25) is 0 Å². The van der Waals surface area contributed by atoms with Gasteiger partial charge < -0.3 is 5.11 Å². The maximum absolute atomic E-state index is 10.1. The molecule has 1 nitrogen and oxygen atoms in total. The van der Waals surface area contributed by atoms with E-state index >= 15 is 0 Å². The predicted octanol–water partition coefficient (Wildman–Crippen LogP) is 4.00. The fourth-order valence-corrected chi connectivity index (χ4v) is 1.49. The van der Waals surface area contributed by atoms with Crippen molar-refractivity contribution in [1.29, 1.82) is 0 Å². The van der Waals surface area contributed by atoms with Gasteiger partial charge in [-0.1, -0.05) is 34.1 Å². The molecule has 0 saturated heterocycles. The molecule has 1 N–H and O–H groups in total. The Kier molecular flexibility index (Phi) is 6.43. The quantitative estimate of drug-likeness (QED) is 0.658. The van der Waals surface area contributed by atoms with Gasteiger partial charge in [0.15, 0.2) is 0 Å². The van der Waals surface area contributed by atoms with E-state index in [0.717, 1.165) is 31.6 Å². The monoisotopic (exact) mass is 200 g/mol. The van der Waals surface area contributed by atoms with Gasteiger partial charge in [-0.25, -0.2) is 0 Å². The molecule has 1 heteroatoms. The lowest BCUT2D eigenvalue weighted by Crippen LogP contribution is -2.25. The van der Waals surface area contributed by atoms with E-state index in [1.807, 2.05) is 6.92 Å².